The van der Waals surface area contributed by atoms with Crippen LogP contribution in [0.25, 0.3) is 0 Å². The summed E-state index contributed by atoms with van der Waals surface area (Å²) in [4.78, 5) is 0. The predicted octanol–water partition coefficient (Wildman–Crippen LogP) is 1.80. The van der Waals surface area contributed by atoms with Crippen LogP contribution in [0, 0.1) is 0 Å². The standard InChI is InChI=1S/C9H15NO/c1-7(2)11-9-5-4-8(3)6-10-9/h4-5,7,10H,6H2,1-3H3. The highest BCUT2D eigenvalue weighted by atomic mass is 16.5. The second-order valence-corrected chi connectivity index (χ2v) is 3.06. The smallest absolute Gasteiger partial charge is 0.187 e. The lowest BCUT2D eigenvalue weighted by atomic mass is 10.2. The highest BCUT2D eigenvalue weighted by Gasteiger charge is 2.03. The van der Waals surface area contributed by atoms with E-state index in [1.54, 1.807) is 0 Å². The van der Waals surface area contributed by atoms with Gasteiger partial charge in [-0.05, 0) is 26.8 Å². The molecule has 0 aromatic carbocycles. The second kappa shape index (κ2) is 3.46. The Balaban J connectivity index is 2.48. The number of rotatable bonds is 2. The van der Waals surface area contributed by atoms with Gasteiger partial charge in [0.15, 0.2) is 5.88 Å². The predicted molar refractivity (Wildman–Crippen MR) is 46.1 cm³/mol. The van der Waals surface area contributed by atoms with Crippen molar-refractivity contribution < 1.29 is 4.74 Å². The van der Waals surface area contributed by atoms with Gasteiger partial charge in [0.1, 0.15) is 0 Å². The van der Waals surface area contributed by atoms with Gasteiger partial charge in [0, 0.05) is 6.54 Å². The molecule has 0 aromatic heterocycles. The van der Waals surface area contributed by atoms with Gasteiger partial charge in [0.25, 0.3) is 0 Å². The Labute approximate surface area is 67.9 Å². The molecule has 1 aliphatic heterocycles. The molecular formula is C9H15NO. The van der Waals surface area contributed by atoms with E-state index in [4.69, 9.17) is 4.74 Å². The van der Waals surface area contributed by atoms with Crippen LogP contribution in [0.4, 0.5) is 0 Å². The quantitative estimate of drug-likeness (QED) is 0.653. The molecule has 1 N–H and O–H groups in total. The van der Waals surface area contributed by atoms with E-state index in [0.717, 1.165) is 12.4 Å². The molecule has 62 valence electrons. The normalized spacial score (nSPS) is 17.1. The summed E-state index contributed by atoms with van der Waals surface area (Å²) in [7, 11) is 0. The Hall–Kier alpha value is -0.920. The molecular weight excluding hydrogens is 138 g/mol. The lowest BCUT2D eigenvalue weighted by Gasteiger charge is -2.17. The zero-order chi connectivity index (χ0) is 8.27. The van der Waals surface area contributed by atoms with Crippen LogP contribution in [0.1, 0.15) is 20.8 Å². The third-order valence-corrected chi connectivity index (χ3v) is 1.42. The van der Waals surface area contributed by atoms with E-state index in [1.807, 2.05) is 19.9 Å². The van der Waals surface area contributed by atoms with E-state index in [1.165, 1.54) is 5.57 Å². The molecule has 1 aliphatic rings. The summed E-state index contributed by atoms with van der Waals surface area (Å²) >= 11 is 0. The van der Waals surface area contributed by atoms with Crippen molar-refractivity contribution in [1.82, 2.24) is 5.32 Å². The maximum absolute atomic E-state index is 5.44. The number of allylic oxidation sites excluding steroid dienone is 2. The fourth-order valence-electron chi connectivity index (χ4n) is 0.897. The summed E-state index contributed by atoms with van der Waals surface area (Å²) in [6.45, 7) is 7.04. The molecule has 0 aromatic rings. The van der Waals surface area contributed by atoms with E-state index >= 15 is 0 Å². The molecule has 0 saturated heterocycles. The van der Waals surface area contributed by atoms with Crippen molar-refractivity contribution in [3.05, 3.63) is 23.6 Å². The molecule has 0 aliphatic carbocycles. The summed E-state index contributed by atoms with van der Waals surface area (Å²) in [5.41, 5.74) is 1.33. The van der Waals surface area contributed by atoms with Crippen LogP contribution in [0.5, 0.6) is 0 Å². The van der Waals surface area contributed by atoms with Crippen LogP contribution in [0.15, 0.2) is 23.6 Å². The SMILES string of the molecule is CC1=CC=C(OC(C)C)NC1. The van der Waals surface area contributed by atoms with Crippen molar-refractivity contribution in [2.24, 2.45) is 0 Å². The molecule has 0 spiro atoms. The number of ether oxygens (including phenoxy) is 1. The molecule has 0 amide bonds. The van der Waals surface area contributed by atoms with Crippen LogP contribution < -0.4 is 5.32 Å². The number of dihydropyridines is 1. The molecule has 11 heavy (non-hydrogen) atoms. The monoisotopic (exact) mass is 153 g/mol. The van der Waals surface area contributed by atoms with Crippen molar-refractivity contribution >= 4 is 0 Å². The molecule has 0 fully saturated rings. The third-order valence-electron chi connectivity index (χ3n) is 1.42. The van der Waals surface area contributed by atoms with Crippen LogP contribution in [-0.2, 0) is 4.74 Å². The summed E-state index contributed by atoms with van der Waals surface area (Å²) in [6.07, 6.45) is 4.30. The summed E-state index contributed by atoms with van der Waals surface area (Å²) in [6, 6.07) is 0. The minimum absolute atomic E-state index is 0.251. The maximum Gasteiger partial charge on any atom is 0.187 e. The Bertz CT molecular complexity index is 192. The van der Waals surface area contributed by atoms with Crippen molar-refractivity contribution in [3.63, 3.8) is 0 Å². The third kappa shape index (κ3) is 2.66. The van der Waals surface area contributed by atoms with Gasteiger partial charge in [-0.3, -0.25) is 0 Å². The summed E-state index contributed by atoms with van der Waals surface area (Å²) in [5.74, 6) is 0.880. The molecule has 0 bridgehead atoms. The van der Waals surface area contributed by atoms with E-state index in [9.17, 15) is 0 Å². The zero-order valence-corrected chi connectivity index (χ0v) is 7.35. The molecule has 0 atom stereocenters. The van der Waals surface area contributed by atoms with Crippen LogP contribution >= 0.6 is 0 Å². The first-order valence-electron chi connectivity index (χ1n) is 3.96. The number of nitrogens with one attached hydrogen (secondary N) is 1. The molecule has 2 nitrogen and oxygen atoms in total. The zero-order valence-electron chi connectivity index (χ0n) is 7.35. The second-order valence-electron chi connectivity index (χ2n) is 3.06. The van der Waals surface area contributed by atoms with Crippen molar-refractivity contribution in [3.8, 4) is 0 Å². The largest absolute Gasteiger partial charge is 0.476 e. The van der Waals surface area contributed by atoms with Crippen molar-refractivity contribution in [2.75, 3.05) is 6.54 Å². The first-order chi connectivity index (χ1) is 5.18. The number of hydrogen-bond donors (Lipinski definition) is 1. The average molecular weight is 153 g/mol. The van der Waals surface area contributed by atoms with Crippen LogP contribution in [-0.4, -0.2) is 12.6 Å². The van der Waals surface area contributed by atoms with Gasteiger partial charge in [-0.1, -0.05) is 11.6 Å². The van der Waals surface area contributed by atoms with Crippen LogP contribution in [0.2, 0.25) is 0 Å². The fraction of sp³-hybridized carbons (Fsp3) is 0.556. The topological polar surface area (TPSA) is 21.3 Å². The van der Waals surface area contributed by atoms with E-state index < -0.39 is 0 Å². The number of hydrogen-bond acceptors (Lipinski definition) is 2. The minimum atomic E-state index is 0.251. The van der Waals surface area contributed by atoms with Crippen LogP contribution in [0.3, 0.4) is 0 Å². The maximum atomic E-state index is 5.44. The van der Waals surface area contributed by atoms with Gasteiger partial charge in [0.05, 0.1) is 6.10 Å². The summed E-state index contributed by atoms with van der Waals surface area (Å²) < 4.78 is 5.44. The van der Waals surface area contributed by atoms with Crippen molar-refractivity contribution in [1.29, 1.82) is 0 Å². The van der Waals surface area contributed by atoms with Gasteiger partial charge in [-0.25, -0.2) is 0 Å². The first-order valence-corrected chi connectivity index (χ1v) is 3.96. The average Bonchev–Trinajstić information content (AvgIpc) is 1.93. The Morgan fingerprint density at radius 3 is 2.64 bits per heavy atom. The first kappa shape index (κ1) is 8.18. The van der Waals surface area contributed by atoms with E-state index in [2.05, 4.69) is 18.3 Å². The lowest BCUT2D eigenvalue weighted by molar-refractivity contribution is 0.131. The van der Waals surface area contributed by atoms with E-state index in [0.29, 0.717) is 0 Å². The van der Waals surface area contributed by atoms with Gasteiger partial charge in [-0.15, -0.1) is 0 Å². The highest BCUT2D eigenvalue weighted by molar-refractivity contribution is 5.19. The Kier molecular flexibility index (Phi) is 2.58. The summed E-state index contributed by atoms with van der Waals surface area (Å²) in [5, 5.41) is 3.17. The van der Waals surface area contributed by atoms with Crippen molar-refractivity contribution in [2.45, 2.75) is 26.9 Å². The Morgan fingerprint density at radius 1 is 1.45 bits per heavy atom. The Morgan fingerprint density at radius 2 is 2.18 bits per heavy atom. The van der Waals surface area contributed by atoms with Gasteiger partial charge < -0.3 is 10.1 Å². The van der Waals surface area contributed by atoms with E-state index in [-0.39, 0.29) is 6.10 Å². The minimum Gasteiger partial charge on any atom is -0.476 e. The molecule has 0 saturated carbocycles. The molecule has 1 heterocycles. The van der Waals surface area contributed by atoms with Gasteiger partial charge in [0.2, 0.25) is 0 Å². The highest BCUT2D eigenvalue weighted by Crippen LogP contribution is 2.05. The molecule has 0 radical (unpaired) electrons. The lowest BCUT2D eigenvalue weighted by Crippen LogP contribution is -2.22. The van der Waals surface area contributed by atoms with Gasteiger partial charge in [-0.2, -0.15) is 0 Å². The fourth-order valence-corrected chi connectivity index (χ4v) is 0.897. The molecule has 2 heteroatoms. The van der Waals surface area contributed by atoms with Gasteiger partial charge >= 0.3 is 0 Å². The molecule has 0 unspecified atom stereocenters. The molecule has 1 rings (SSSR count).